The van der Waals surface area contributed by atoms with Gasteiger partial charge in [0.25, 0.3) is 0 Å². The van der Waals surface area contributed by atoms with Crippen LogP contribution in [-0.4, -0.2) is 11.1 Å². The first kappa shape index (κ1) is 58.6. The number of alkyl halides is 24. The molecule has 0 atom stereocenters. The van der Waals surface area contributed by atoms with Crippen LogP contribution >= 0.6 is 0 Å². The summed E-state index contributed by atoms with van der Waals surface area (Å²) in [5.41, 5.74) is -28.8. The van der Waals surface area contributed by atoms with Gasteiger partial charge < -0.3 is 0 Å². The molecule has 1 heterocycles. The standard InChI is InChI=1S/C32H12BF24.C16H19N2O/c34-25(35,36)13-1-14(26(37,38)39)6-21(5-13)33(22-7-15(27(40,41)42)2-16(8-22)28(43,44)45,23-9-17(29(46,47)48)3-18(10-23)30(49,50)51)24-11-19(31(52,53)54)4-20(12-24)32(55,56)57;1-2-4-14(5-3-1)15-6-8-16(9-7-15)19-18-12-10-17-11-13-18/h1-12H;6-14H,1-5H2/q-1;+1. The molecular weight excluding hydrogens is 1090 g/mol. The van der Waals surface area contributed by atoms with Crippen LogP contribution in [0.1, 0.15) is 88.1 Å². The summed E-state index contributed by atoms with van der Waals surface area (Å²) >= 11 is 0. The van der Waals surface area contributed by atoms with Crippen LogP contribution in [0.25, 0.3) is 0 Å². The Labute approximate surface area is 412 Å². The quantitative estimate of drug-likeness (QED) is 0.0905. The van der Waals surface area contributed by atoms with Gasteiger partial charge in [0.15, 0.2) is 0 Å². The summed E-state index contributed by atoms with van der Waals surface area (Å²) in [4.78, 5) is 9.66. The van der Waals surface area contributed by atoms with Crippen LogP contribution in [0.15, 0.2) is 122 Å². The van der Waals surface area contributed by atoms with E-state index in [4.69, 9.17) is 4.84 Å². The molecule has 1 saturated carbocycles. The molecule has 1 aromatic heterocycles. The number of benzene rings is 5. The largest absolute Gasteiger partial charge is 0.416 e. The summed E-state index contributed by atoms with van der Waals surface area (Å²) in [5.74, 6) is 1.60. The van der Waals surface area contributed by atoms with Gasteiger partial charge >= 0.3 is 49.4 Å². The van der Waals surface area contributed by atoms with Crippen LogP contribution in [0, 0.1) is 0 Å². The third-order valence-electron chi connectivity index (χ3n) is 12.2. The first-order chi connectivity index (χ1) is 34.7. The number of rotatable bonds is 7. The monoisotopic (exact) mass is 1120 g/mol. The average Bonchev–Trinajstić information content (AvgIpc) is 3.30. The minimum absolute atomic E-state index is 0.691. The molecule has 76 heavy (non-hydrogen) atoms. The van der Waals surface area contributed by atoms with Crippen LogP contribution in [0.5, 0.6) is 5.75 Å². The molecule has 0 aliphatic heterocycles. The Balaban J connectivity index is 0.000000408. The number of halogens is 24. The third-order valence-corrected chi connectivity index (χ3v) is 12.2. The fourth-order valence-corrected chi connectivity index (χ4v) is 8.80. The topological polar surface area (TPSA) is 26.0 Å². The molecular formula is C48H31BF24N2O. The summed E-state index contributed by atoms with van der Waals surface area (Å²) in [7, 11) is 0. The normalized spacial score (nSPS) is 14.8. The predicted octanol–water partition coefficient (Wildman–Crippen LogP) is 14.5. The van der Waals surface area contributed by atoms with Crippen molar-refractivity contribution in [2.45, 2.75) is 87.4 Å². The van der Waals surface area contributed by atoms with Gasteiger partial charge in [-0.1, -0.05) is 79.9 Å². The number of hydrogen-bond donors (Lipinski definition) is 0. The van der Waals surface area contributed by atoms with Crippen molar-refractivity contribution in [3.63, 3.8) is 0 Å². The van der Waals surface area contributed by atoms with Crippen molar-refractivity contribution in [3.8, 4) is 5.75 Å². The Bertz CT molecular complexity index is 2540. The Kier molecular flexibility index (Phi) is 16.0. The van der Waals surface area contributed by atoms with Crippen molar-refractivity contribution in [2.24, 2.45) is 0 Å². The van der Waals surface area contributed by atoms with Gasteiger partial charge in [0, 0.05) is 4.73 Å². The molecule has 28 heteroatoms. The Morgan fingerprint density at radius 2 is 0.605 bits per heavy atom. The molecule has 6 aromatic rings. The lowest BCUT2D eigenvalue weighted by molar-refractivity contribution is -0.875. The number of hydrogen-bond acceptors (Lipinski definition) is 2. The third kappa shape index (κ3) is 13.7. The molecule has 0 spiro atoms. The number of aromatic nitrogens is 2. The fraction of sp³-hybridized carbons (Fsp3) is 0.292. The lowest BCUT2D eigenvalue weighted by atomic mass is 9.12. The molecule has 0 amide bonds. The van der Waals surface area contributed by atoms with Gasteiger partial charge in [-0.05, 0) is 60.7 Å². The SMILES string of the molecule is FC(F)(F)c1cc([B-](c2cc(C(F)(F)F)cc(C(F)(F)F)c2)(c2cc(C(F)(F)F)cc(C(F)(F)F)c2)c2cc(C(F)(F)F)cc(C(F)(F)F)c2)cc(C(F)(F)F)c1.c1c[n+](Oc2ccc(C3CCCCC3)cc2)ccn1. The van der Waals surface area contributed by atoms with E-state index in [0.717, 1.165) is 11.7 Å². The van der Waals surface area contributed by atoms with Crippen molar-refractivity contribution in [2.75, 3.05) is 0 Å². The Morgan fingerprint density at radius 3 is 0.842 bits per heavy atom. The van der Waals surface area contributed by atoms with Crippen molar-refractivity contribution in [3.05, 3.63) is 172 Å². The molecule has 5 aromatic carbocycles. The van der Waals surface area contributed by atoms with Crippen LogP contribution in [0.2, 0.25) is 0 Å². The Morgan fingerprint density at radius 1 is 0.355 bits per heavy atom. The second-order valence-electron chi connectivity index (χ2n) is 17.3. The van der Waals surface area contributed by atoms with E-state index in [2.05, 4.69) is 29.2 Å². The summed E-state index contributed by atoms with van der Waals surface area (Å²) in [6.45, 7) is 0. The molecule has 1 fully saturated rings. The molecule has 0 saturated heterocycles. The summed E-state index contributed by atoms with van der Waals surface area (Å²) in [6, 6.07) is -0.302. The van der Waals surface area contributed by atoms with Crippen LogP contribution in [0.4, 0.5) is 105 Å². The zero-order valence-electron chi connectivity index (χ0n) is 37.6. The van der Waals surface area contributed by atoms with E-state index < -0.39 is 195 Å². The summed E-state index contributed by atoms with van der Waals surface area (Å²) in [6.07, 6.45) is -41.0. The van der Waals surface area contributed by atoms with Gasteiger partial charge in [-0.25, -0.2) is 4.84 Å². The van der Waals surface area contributed by atoms with Crippen molar-refractivity contribution in [1.29, 1.82) is 0 Å². The fourth-order valence-electron chi connectivity index (χ4n) is 8.80. The molecule has 1 aliphatic carbocycles. The maximum Gasteiger partial charge on any atom is 0.416 e. The van der Waals surface area contributed by atoms with Crippen LogP contribution < -0.4 is 31.4 Å². The highest BCUT2D eigenvalue weighted by Crippen LogP contribution is 2.42. The first-order valence-corrected chi connectivity index (χ1v) is 21.6. The van der Waals surface area contributed by atoms with Gasteiger partial charge in [-0.2, -0.15) is 127 Å². The molecule has 1 aliphatic rings. The molecule has 0 bridgehead atoms. The molecule has 7 rings (SSSR count). The molecule has 0 unspecified atom stereocenters. The van der Waals surface area contributed by atoms with E-state index in [1.54, 1.807) is 29.5 Å². The van der Waals surface area contributed by atoms with Crippen molar-refractivity contribution in [1.82, 2.24) is 4.98 Å². The maximum absolute atomic E-state index is 14.2. The Hall–Kier alpha value is -6.64. The van der Waals surface area contributed by atoms with E-state index >= 15 is 0 Å². The predicted molar refractivity (Wildman–Crippen MR) is 223 cm³/mol. The smallest absolute Gasteiger partial charge is 0.252 e. The minimum atomic E-state index is -6.13. The minimum Gasteiger partial charge on any atom is -0.252 e. The van der Waals surface area contributed by atoms with Crippen molar-refractivity contribution < 1.29 is 115 Å². The highest BCUT2D eigenvalue weighted by molar-refractivity contribution is 7.20. The highest BCUT2D eigenvalue weighted by Gasteiger charge is 2.47. The number of nitrogens with zero attached hydrogens (tertiary/aromatic N) is 2. The van der Waals surface area contributed by atoms with E-state index in [0.29, 0.717) is 0 Å². The lowest BCUT2D eigenvalue weighted by Gasteiger charge is -2.46. The van der Waals surface area contributed by atoms with Gasteiger partial charge in [-0.15, -0.1) is 0 Å². The molecule has 0 N–H and O–H groups in total. The highest BCUT2D eigenvalue weighted by atomic mass is 19.4. The van der Waals surface area contributed by atoms with Crippen LogP contribution in [0.3, 0.4) is 0 Å². The lowest BCUT2D eigenvalue weighted by Crippen LogP contribution is -2.75. The molecule has 410 valence electrons. The summed E-state index contributed by atoms with van der Waals surface area (Å²) < 4.78 is 342. The van der Waals surface area contributed by atoms with E-state index in [1.165, 1.54) is 37.7 Å². The van der Waals surface area contributed by atoms with E-state index in [1.807, 2.05) is 0 Å². The zero-order chi connectivity index (χ0) is 56.8. The van der Waals surface area contributed by atoms with E-state index in [-0.39, 0.29) is 0 Å². The van der Waals surface area contributed by atoms with Gasteiger partial charge in [0.1, 0.15) is 6.15 Å². The second-order valence-corrected chi connectivity index (χ2v) is 17.3. The van der Waals surface area contributed by atoms with Crippen molar-refractivity contribution >= 4 is 28.0 Å². The van der Waals surface area contributed by atoms with Gasteiger partial charge in [0.2, 0.25) is 18.1 Å². The second kappa shape index (κ2) is 20.7. The first-order valence-electron chi connectivity index (χ1n) is 21.6. The zero-order valence-corrected chi connectivity index (χ0v) is 37.6. The van der Waals surface area contributed by atoms with Gasteiger partial charge in [0.05, 0.1) is 56.9 Å². The average molecular weight is 1120 g/mol. The van der Waals surface area contributed by atoms with Gasteiger partial charge in [-0.3, -0.25) is 4.98 Å². The summed E-state index contributed by atoms with van der Waals surface area (Å²) in [5, 5.41) is 0. The van der Waals surface area contributed by atoms with E-state index in [9.17, 15) is 105 Å². The van der Waals surface area contributed by atoms with Crippen LogP contribution in [-0.2, 0) is 49.4 Å². The molecule has 0 radical (unpaired) electrons. The maximum atomic E-state index is 14.2. The molecule has 3 nitrogen and oxygen atoms in total.